The van der Waals surface area contributed by atoms with Crippen LogP contribution in [0.3, 0.4) is 0 Å². The molecule has 1 saturated heterocycles. The van der Waals surface area contributed by atoms with Gasteiger partial charge in [-0.25, -0.2) is 9.59 Å². The zero-order valence-electron chi connectivity index (χ0n) is 23.9. The first-order valence-electron chi connectivity index (χ1n) is 13.3. The van der Waals surface area contributed by atoms with Gasteiger partial charge < -0.3 is 25.5 Å². The third-order valence-corrected chi connectivity index (χ3v) is 6.16. The van der Waals surface area contributed by atoms with E-state index in [1.54, 1.807) is 6.07 Å². The minimum atomic E-state index is -5.08. The van der Waals surface area contributed by atoms with E-state index in [4.69, 9.17) is 19.8 Å². The van der Waals surface area contributed by atoms with Crippen molar-refractivity contribution in [1.82, 2.24) is 4.90 Å². The second-order valence-electron chi connectivity index (χ2n) is 9.76. The number of phenols is 1. The average molecular weight is 644 g/mol. The number of amides is 1. The standard InChI is InChI=1S/C26H29N3O2.2C2HF3O2/c1-20-5-2-7-22(17-20)26(31)27-23-9-11-24(12-10-23)29-14-4-13-28(15-16-29)19-21-6-3-8-25(30)18-21;2*3-2(4,5)1(6)7/h2-3,5-12,17-18,30H,4,13-16,19H2,1H3,(H,27,31);2*(H,6,7). The summed E-state index contributed by atoms with van der Waals surface area (Å²) in [5.74, 6) is -5.28. The van der Waals surface area contributed by atoms with E-state index in [1.807, 2.05) is 55.5 Å². The van der Waals surface area contributed by atoms with Crippen LogP contribution in [-0.4, -0.2) is 76.6 Å². The number of alkyl halides is 6. The molecular formula is C30H31F6N3O6. The third kappa shape index (κ3) is 13.2. The normalized spacial score (nSPS) is 13.7. The first-order chi connectivity index (χ1) is 21.0. The molecule has 1 aliphatic heterocycles. The fraction of sp³-hybridized carbons (Fsp3) is 0.300. The molecule has 1 fully saturated rings. The summed E-state index contributed by atoms with van der Waals surface area (Å²) in [6.07, 6.45) is -9.08. The highest BCUT2D eigenvalue weighted by molar-refractivity contribution is 6.04. The number of hydrogen-bond donors (Lipinski definition) is 4. The van der Waals surface area contributed by atoms with E-state index in [1.165, 1.54) is 5.69 Å². The number of nitrogens with one attached hydrogen (secondary N) is 1. The number of aryl methyl sites for hydroxylation is 1. The van der Waals surface area contributed by atoms with Crippen LogP contribution in [0, 0.1) is 6.92 Å². The molecule has 45 heavy (non-hydrogen) atoms. The van der Waals surface area contributed by atoms with E-state index >= 15 is 0 Å². The number of aliphatic carboxylic acids is 2. The van der Waals surface area contributed by atoms with Crippen molar-refractivity contribution in [2.24, 2.45) is 0 Å². The second kappa shape index (κ2) is 16.3. The molecule has 4 N–H and O–H groups in total. The van der Waals surface area contributed by atoms with Crippen LogP contribution >= 0.6 is 0 Å². The number of anilines is 2. The number of aromatic hydroxyl groups is 1. The van der Waals surface area contributed by atoms with Gasteiger partial charge in [0.1, 0.15) is 5.75 Å². The first kappa shape index (κ1) is 36.4. The topological polar surface area (TPSA) is 130 Å². The van der Waals surface area contributed by atoms with Gasteiger partial charge in [-0.2, -0.15) is 26.3 Å². The number of carboxylic acid groups (broad SMARTS) is 2. The Morgan fingerprint density at radius 1 is 0.778 bits per heavy atom. The summed E-state index contributed by atoms with van der Waals surface area (Å²) in [5.41, 5.74) is 4.86. The Morgan fingerprint density at radius 2 is 1.36 bits per heavy atom. The van der Waals surface area contributed by atoms with Crippen molar-refractivity contribution in [3.05, 3.63) is 89.5 Å². The van der Waals surface area contributed by atoms with Crippen LogP contribution < -0.4 is 10.2 Å². The molecule has 9 nitrogen and oxygen atoms in total. The van der Waals surface area contributed by atoms with Crippen molar-refractivity contribution in [3.8, 4) is 5.75 Å². The van der Waals surface area contributed by atoms with E-state index in [0.717, 1.165) is 56.0 Å². The van der Waals surface area contributed by atoms with E-state index in [-0.39, 0.29) is 5.91 Å². The molecule has 1 amide bonds. The molecule has 0 saturated carbocycles. The minimum absolute atomic E-state index is 0.0891. The van der Waals surface area contributed by atoms with Crippen molar-refractivity contribution in [2.75, 3.05) is 36.4 Å². The predicted octanol–water partition coefficient (Wildman–Crippen LogP) is 5.93. The smallest absolute Gasteiger partial charge is 0.490 e. The fourth-order valence-corrected chi connectivity index (χ4v) is 4.05. The molecule has 0 radical (unpaired) electrons. The summed E-state index contributed by atoms with van der Waals surface area (Å²) in [7, 11) is 0. The lowest BCUT2D eigenvalue weighted by Gasteiger charge is -2.24. The summed E-state index contributed by atoms with van der Waals surface area (Å²) in [6.45, 7) is 6.81. The molecule has 0 bridgehead atoms. The molecule has 0 unspecified atom stereocenters. The molecule has 1 heterocycles. The Bertz CT molecular complexity index is 1410. The Hall–Kier alpha value is -4.79. The number of carbonyl (C=O) groups is 3. The van der Waals surface area contributed by atoms with E-state index < -0.39 is 24.3 Å². The van der Waals surface area contributed by atoms with Crippen LogP contribution in [0.5, 0.6) is 5.75 Å². The number of halogens is 6. The number of hydrogen-bond acceptors (Lipinski definition) is 6. The zero-order chi connectivity index (χ0) is 33.8. The van der Waals surface area contributed by atoms with Gasteiger partial charge in [-0.05, 0) is 67.4 Å². The lowest BCUT2D eigenvalue weighted by Crippen LogP contribution is -2.30. The molecular weight excluding hydrogens is 612 g/mol. The molecule has 0 aromatic heterocycles. The Kier molecular flexibility index (Phi) is 13.2. The van der Waals surface area contributed by atoms with Crippen LogP contribution in [0.1, 0.15) is 27.9 Å². The number of benzene rings is 3. The third-order valence-electron chi connectivity index (χ3n) is 6.16. The van der Waals surface area contributed by atoms with Gasteiger partial charge in [0.25, 0.3) is 5.91 Å². The Labute approximate surface area is 254 Å². The summed E-state index contributed by atoms with van der Waals surface area (Å²) < 4.78 is 63.5. The molecule has 4 rings (SSSR count). The quantitative estimate of drug-likeness (QED) is 0.252. The SMILES string of the molecule is Cc1cccc(C(=O)Nc2ccc(N3CCCN(Cc4cccc(O)c4)CC3)cc2)c1.O=C(O)C(F)(F)F.O=C(O)C(F)(F)F. The molecule has 0 atom stereocenters. The van der Waals surface area contributed by atoms with Gasteiger partial charge in [-0.1, -0.05) is 29.8 Å². The highest BCUT2D eigenvalue weighted by Crippen LogP contribution is 2.21. The van der Waals surface area contributed by atoms with Crippen molar-refractivity contribution in [3.63, 3.8) is 0 Å². The van der Waals surface area contributed by atoms with Crippen LogP contribution in [0.2, 0.25) is 0 Å². The van der Waals surface area contributed by atoms with Gasteiger partial charge >= 0.3 is 24.3 Å². The van der Waals surface area contributed by atoms with Gasteiger partial charge in [-0.3, -0.25) is 9.69 Å². The van der Waals surface area contributed by atoms with Crippen LogP contribution in [0.25, 0.3) is 0 Å². The fourth-order valence-electron chi connectivity index (χ4n) is 4.05. The number of carbonyl (C=O) groups excluding carboxylic acids is 1. The monoisotopic (exact) mass is 643 g/mol. The van der Waals surface area contributed by atoms with Crippen molar-refractivity contribution < 1.29 is 56.0 Å². The number of phenolic OH excluding ortho intramolecular Hbond substituents is 1. The Morgan fingerprint density at radius 3 is 1.89 bits per heavy atom. The van der Waals surface area contributed by atoms with Crippen molar-refractivity contribution in [1.29, 1.82) is 0 Å². The number of nitrogens with zero attached hydrogens (tertiary/aromatic N) is 2. The molecule has 244 valence electrons. The van der Waals surface area contributed by atoms with Gasteiger partial charge in [0.05, 0.1) is 0 Å². The second-order valence-corrected chi connectivity index (χ2v) is 9.76. The lowest BCUT2D eigenvalue weighted by atomic mass is 10.1. The lowest BCUT2D eigenvalue weighted by molar-refractivity contribution is -0.193. The van der Waals surface area contributed by atoms with Gasteiger partial charge in [0.2, 0.25) is 0 Å². The van der Waals surface area contributed by atoms with Crippen LogP contribution in [0.15, 0.2) is 72.8 Å². The van der Waals surface area contributed by atoms with Crippen molar-refractivity contribution in [2.45, 2.75) is 32.2 Å². The van der Waals surface area contributed by atoms with Gasteiger partial charge in [0.15, 0.2) is 0 Å². The van der Waals surface area contributed by atoms with Gasteiger partial charge in [-0.15, -0.1) is 0 Å². The van der Waals surface area contributed by atoms with E-state index in [0.29, 0.717) is 11.3 Å². The summed E-state index contributed by atoms with van der Waals surface area (Å²) in [6, 6.07) is 23.2. The molecule has 0 aliphatic carbocycles. The molecule has 0 spiro atoms. The summed E-state index contributed by atoms with van der Waals surface area (Å²) >= 11 is 0. The first-order valence-corrected chi connectivity index (χ1v) is 13.3. The number of rotatable bonds is 5. The van der Waals surface area contributed by atoms with Gasteiger partial charge in [0, 0.05) is 49.7 Å². The maximum Gasteiger partial charge on any atom is 0.490 e. The molecule has 3 aromatic carbocycles. The van der Waals surface area contributed by atoms with E-state index in [2.05, 4.69) is 33.3 Å². The largest absolute Gasteiger partial charge is 0.508 e. The predicted molar refractivity (Wildman–Crippen MR) is 153 cm³/mol. The van der Waals surface area contributed by atoms with Crippen molar-refractivity contribution >= 4 is 29.2 Å². The maximum atomic E-state index is 12.5. The highest BCUT2D eigenvalue weighted by Gasteiger charge is 2.38. The molecule has 1 aliphatic rings. The minimum Gasteiger partial charge on any atom is -0.508 e. The molecule has 15 heteroatoms. The maximum absolute atomic E-state index is 12.5. The Balaban J connectivity index is 0.000000421. The summed E-state index contributed by atoms with van der Waals surface area (Å²) in [4.78, 5) is 35.1. The highest BCUT2D eigenvalue weighted by atomic mass is 19.4. The molecule has 3 aromatic rings. The zero-order valence-corrected chi connectivity index (χ0v) is 23.9. The van der Waals surface area contributed by atoms with E-state index in [9.17, 15) is 36.2 Å². The number of carboxylic acids is 2. The average Bonchev–Trinajstić information content (AvgIpc) is 3.19. The van der Waals surface area contributed by atoms with Crippen LogP contribution in [-0.2, 0) is 16.1 Å². The summed E-state index contributed by atoms with van der Waals surface area (Å²) in [5, 5.41) is 26.9. The van der Waals surface area contributed by atoms with Crippen LogP contribution in [0.4, 0.5) is 37.7 Å².